The van der Waals surface area contributed by atoms with Gasteiger partial charge in [0.1, 0.15) is 0 Å². The van der Waals surface area contributed by atoms with E-state index in [4.69, 9.17) is 0 Å². The van der Waals surface area contributed by atoms with Crippen LogP contribution in [0, 0.1) is 0 Å². The minimum atomic E-state index is -0.512. The van der Waals surface area contributed by atoms with E-state index in [1.54, 1.807) is 12.4 Å². The van der Waals surface area contributed by atoms with Crippen LogP contribution in [-0.4, -0.2) is 33.2 Å². The molecule has 1 aromatic heterocycles. The quantitative estimate of drug-likeness (QED) is 0.830. The minimum absolute atomic E-state index is 0.255. The molecular formula is C14H22N2OS. The zero-order valence-corrected chi connectivity index (χ0v) is 11.9. The van der Waals surface area contributed by atoms with Crippen LogP contribution in [0.2, 0.25) is 0 Å². The lowest BCUT2D eigenvalue weighted by Crippen LogP contribution is -2.56. The second kappa shape index (κ2) is 6.04. The number of thioether (sulfide) groups is 1. The highest BCUT2D eigenvalue weighted by atomic mass is 32.2. The predicted octanol–water partition coefficient (Wildman–Crippen LogP) is 2.38. The van der Waals surface area contributed by atoms with Crippen LogP contribution in [0.3, 0.4) is 0 Å². The summed E-state index contributed by atoms with van der Waals surface area (Å²) in [6.45, 7) is 4.95. The molecule has 3 atom stereocenters. The summed E-state index contributed by atoms with van der Waals surface area (Å²) < 4.78 is 0. The first-order chi connectivity index (χ1) is 8.65. The number of nitrogens with one attached hydrogen (secondary N) is 1. The van der Waals surface area contributed by atoms with Crippen LogP contribution < -0.4 is 5.32 Å². The summed E-state index contributed by atoms with van der Waals surface area (Å²) in [6.07, 6.45) is 5.67. The van der Waals surface area contributed by atoms with Gasteiger partial charge in [-0.3, -0.25) is 4.98 Å². The first-order valence-corrected chi connectivity index (χ1v) is 7.68. The van der Waals surface area contributed by atoms with Gasteiger partial charge in [0.15, 0.2) is 0 Å². The van der Waals surface area contributed by atoms with Gasteiger partial charge in [0.05, 0.1) is 5.60 Å². The summed E-state index contributed by atoms with van der Waals surface area (Å²) in [6, 6.07) is 4.28. The molecule has 1 aliphatic rings. The summed E-state index contributed by atoms with van der Waals surface area (Å²) >= 11 is 1.87. The number of aliphatic hydroxyl groups is 1. The van der Waals surface area contributed by atoms with E-state index in [2.05, 4.69) is 24.1 Å². The van der Waals surface area contributed by atoms with Gasteiger partial charge >= 0.3 is 0 Å². The fourth-order valence-corrected chi connectivity index (χ4v) is 3.54. The third-order valence-corrected chi connectivity index (χ3v) is 5.14. The molecule has 18 heavy (non-hydrogen) atoms. The van der Waals surface area contributed by atoms with Crippen LogP contribution >= 0.6 is 11.8 Å². The summed E-state index contributed by atoms with van der Waals surface area (Å²) in [5, 5.41) is 14.3. The number of rotatable bonds is 6. The molecular weight excluding hydrogens is 244 g/mol. The van der Waals surface area contributed by atoms with Crippen molar-refractivity contribution in [2.24, 2.45) is 0 Å². The number of nitrogens with zero attached hydrogens (tertiary/aromatic N) is 1. The topological polar surface area (TPSA) is 45.1 Å². The summed E-state index contributed by atoms with van der Waals surface area (Å²) in [5.74, 6) is 1.08. The Morgan fingerprint density at radius 1 is 1.56 bits per heavy atom. The van der Waals surface area contributed by atoms with Gasteiger partial charge in [0, 0.05) is 30.2 Å². The molecule has 100 valence electrons. The average Bonchev–Trinajstić information content (AvgIpc) is 2.41. The highest BCUT2D eigenvalue weighted by Gasteiger charge is 2.44. The van der Waals surface area contributed by atoms with Crippen molar-refractivity contribution in [1.29, 1.82) is 0 Å². The molecule has 1 fully saturated rings. The number of aromatic nitrogens is 1. The van der Waals surface area contributed by atoms with Crippen LogP contribution in [0.15, 0.2) is 24.5 Å². The van der Waals surface area contributed by atoms with E-state index in [9.17, 15) is 5.11 Å². The molecule has 2 rings (SSSR count). The lowest BCUT2D eigenvalue weighted by molar-refractivity contribution is -0.0249. The second-order valence-electron chi connectivity index (χ2n) is 4.97. The third kappa shape index (κ3) is 3.05. The highest BCUT2D eigenvalue weighted by molar-refractivity contribution is 8.00. The molecule has 0 radical (unpaired) electrons. The Labute approximate surface area is 113 Å². The summed E-state index contributed by atoms with van der Waals surface area (Å²) in [7, 11) is 0. The van der Waals surface area contributed by atoms with Gasteiger partial charge in [0.25, 0.3) is 0 Å². The van der Waals surface area contributed by atoms with E-state index in [-0.39, 0.29) is 6.04 Å². The van der Waals surface area contributed by atoms with Crippen molar-refractivity contribution in [2.75, 3.05) is 12.3 Å². The van der Waals surface area contributed by atoms with Gasteiger partial charge in [-0.05, 0) is 43.2 Å². The Balaban J connectivity index is 1.84. The minimum Gasteiger partial charge on any atom is -0.387 e. The fourth-order valence-electron chi connectivity index (χ4n) is 2.34. The Morgan fingerprint density at radius 3 is 2.83 bits per heavy atom. The van der Waals surface area contributed by atoms with Crippen LogP contribution in [0.4, 0.5) is 0 Å². The second-order valence-corrected chi connectivity index (χ2v) is 6.45. The van der Waals surface area contributed by atoms with Crippen LogP contribution in [0.25, 0.3) is 0 Å². The van der Waals surface area contributed by atoms with Gasteiger partial charge in [0.2, 0.25) is 0 Å². The van der Waals surface area contributed by atoms with Crippen LogP contribution in [0.5, 0.6) is 0 Å². The van der Waals surface area contributed by atoms with Crippen molar-refractivity contribution in [3.63, 3.8) is 0 Å². The monoisotopic (exact) mass is 266 g/mol. The van der Waals surface area contributed by atoms with E-state index < -0.39 is 5.60 Å². The van der Waals surface area contributed by atoms with Crippen LogP contribution in [0.1, 0.15) is 38.3 Å². The largest absolute Gasteiger partial charge is 0.387 e. The molecule has 1 aromatic rings. The molecule has 2 N–H and O–H groups in total. The van der Waals surface area contributed by atoms with Crippen LogP contribution in [-0.2, 0) is 0 Å². The van der Waals surface area contributed by atoms with E-state index in [0.29, 0.717) is 11.8 Å². The van der Waals surface area contributed by atoms with Crippen molar-refractivity contribution < 1.29 is 5.11 Å². The zero-order valence-electron chi connectivity index (χ0n) is 11.1. The average molecular weight is 266 g/mol. The molecule has 1 aliphatic carbocycles. The first-order valence-electron chi connectivity index (χ1n) is 6.63. The molecule has 0 saturated heterocycles. The molecule has 3 nitrogen and oxygen atoms in total. The van der Waals surface area contributed by atoms with Crippen molar-refractivity contribution in [3.8, 4) is 0 Å². The smallest absolute Gasteiger partial charge is 0.0890 e. The molecule has 0 unspecified atom stereocenters. The molecule has 0 aliphatic heterocycles. The summed E-state index contributed by atoms with van der Waals surface area (Å²) in [5.41, 5.74) is 0.703. The zero-order chi connectivity index (χ0) is 13.0. The predicted molar refractivity (Wildman–Crippen MR) is 76.8 cm³/mol. The maximum atomic E-state index is 10.5. The van der Waals surface area contributed by atoms with Crippen molar-refractivity contribution in [2.45, 2.75) is 43.6 Å². The fraction of sp³-hybridized carbons (Fsp3) is 0.643. The summed E-state index contributed by atoms with van der Waals surface area (Å²) in [4.78, 5) is 4.02. The lowest BCUT2D eigenvalue weighted by Gasteiger charge is -2.45. The lowest BCUT2D eigenvalue weighted by atomic mass is 9.79. The van der Waals surface area contributed by atoms with Gasteiger partial charge in [-0.2, -0.15) is 11.8 Å². The first kappa shape index (κ1) is 13.8. The number of hydrogen-bond acceptors (Lipinski definition) is 4. The number of pyridine rings is 1. The van der Waals surface area contributed by atoms with Gasteiger partial charge < -0.3 is 10.4 Å². The van der Waals surface area contributed by atoms with Crippen molar-refractivity contribution in [3.05, 3.63) is 30.1 Å². The van der Waals surface area contributed by atoms with Gasteiger partial charge in [-0.25, -0.2) is 0 Å². The molecule has 0 aromatic carbocycles. The van der Waals surface area contributed by atoms with Crippen molar-refractivity contribution in [1.82, 2.24) is 10.3 Å². The van der Waals surface area contributed by atoms with E-state index in [1.165, 1.54) is 5.56 Å². The molecule has 0 amide bonds. The Bertz CT molecular complexity index is 373. The maximum absolute atomic E-state index is 10.5. The molecule has 0 bridgehead atoms. The Morgan fingerprint density at radius 2 is 2.28 bits per heavy atom. The third-order valence-electron chi connectivity index (χ3n) is 3.73. The molecule has 4 heteroatoms. The maximum Gasteiger partial charge on any atom is 0.0890 e. The highest BCUT2D eigenvalue weighted by Crippen LogP contribution is 2.40. The van der Waals surface area contributed by atoms with E-state index in [1.807, 2.05) is 23.9 Å². The molecule has 0 spiro atoms. The standard InChI is InChI=1S/C14H22N2OS/c1-3-18-13-4-7-14(13,17)10-16-11(2)12-5-8-15-9-6-12/h5-6,8-9,11,13,16-17H,3-4,7,10H2,1-2H3/t11-,13-,14-/m1/s1. The SMILES string of the molecule is CCS[C@@H]1CC[C@@]1(O)CN[C@H](C)c1ccncc1. The number of hydrogen-bond donors (Lipinski definition) is 2. The Hall–Kier alpha value is -0.580. The van der Waals surface area contributed by atoms with E-state index >= 15 is 0 Å². The Kier molecular flexibility index (Phi) is 4.65. The normalized spacial score (nSPS) is 28.7. The van der Waals surface area contributed by atoms with E-state index in [0.717, 1.165) is 18.6 Å². The molecule has 1 saturated carbocycles. The van der Waals surface area contributed by atoms with Crippen molar-refractivity contribution >= 4 is 11.8 Å². The van der Waals surface area contributed by atoms with Gasteiger partial charge in [-0.1, -0.05) is 6.92 Å². The molecule has 1 heterocycles. The van der Waals surface area contributed by atoms with Gasteiger partial charge in [-0.15, -0.1) is 0 Å².